The van der Waals surface area contributed by atoms with Gasteiger partial charge in [-0.15, -0.1) is 0 Å². The maximum atomic E-state index is 12.5. The highest BCUT2D eigenvalue weighted by Gasteiger charge is 2.54. The summed E-state index contributed by atoms with van der Waals surface area (Å²) in [6.07, 6.45) is 8.14. The first kappa shape index (κ1) is 14.8. The van der Waals surface area contributed by atoms with Gasteiger partial charge in [0.2, 0.25) is 5.91 Å². The van der Waals surface area contributed by atoms with Crippen LogP contribution in [0.2, 0.25) is 0 Å². The van der Waals surface area contributed by atoms with E-state index in [1.54, 1.807) is 0 Å². The molecule has 0 radical (unpaired) electrons. The molecule has 0 saturated heterocycles. The van der Waals surface area contributed by atoms with Crippen molar-refractivity contribution in [2.45, 2.75) is 52.0 Å². The Bertz CT molecular complexity index is 720. The third-order valence-electron chi connectivity index (χ3n) is 5.88. The van der Waals surface area contributed by atoms with Gasteiger partial charge in [0.15, 0.2) is 0 Å². The first-order valence-corrected chi connectivity index (χ1v) is 9.01. The molecule has 1 heterocycles. The minimum atomic E-state index is 0.185. The van der Waals surface area contributed by atoms with Crippen LogP contribution in [0.15, 0.2) is 24.4 Å². The number of nitrogens with one attached hydrogen (secondary N) is 2. The number of rotatable bonds is 4. The van der Waals surface area contributed by atoms with E-state index >= 15 is 0 Å². The second-order valence-corrected chi connectivity index (χ2v) is 7.56. The zero-order valence-electron chi connectivity index (χ0n) is 14.1. The molecule has 2 aliphatic carbocycles. The molecule has 0 bridgehead atoms. The molecule has 2 fully saturated rings. The van der Waals surface area contributed by atoms with E-state index in [0.29, 0.717) is 23.7 Å². The van der Waals surface area contributed by atoms with Crippen LogP contribution in [-0.4, -0.2) is 16.9 Å². The van der Waals surface area contributed by atoms with Gasteiger partial charge in [-0.05, 0) is 56.1 Å². The number of hydrogen-bond donors (Lipinski definition) is 2. The lowest BCUT2D eigenvalue weighted by atomic mass is 10.0. The van der Waals surface area contributed by atoms with Gasteiger partial charge >= 0.3 is 0 Å². The fourth-order valence-electron chi connectivity index (χ4n) is 4.63. The average Bonchev–Trinajstić information content (AvgIpc) is 3.14. The van der Waals surface area contributed by atoms with Gasteiger partial charge in [0, 0.05) is 29.1 Å². The van der Waals surface area contributed by atoms with Gasteiger partial charge in [-0.1, -0.05) is 31.0 Å². The molecule has 1 amide bonds. The second kappa shape index (κ2) is 5.70. The molecule has 3 heteroatoms. The molecule has 2 aromatic rings. The fourth-order valence-corrected chi connectivity index (χ4v) is 4.63. The topological polar surface area (TPSA) is 44.9 Å². The predicted octanol–water partition coefficient (Wildman–Crippen LogP) is 3.96. The van der Waals surface area contributed by atoms with E-state index in [4.69, 9.17) is 0 Å². The molecule has 2 N–H and O–H groups in total. The standard InChI is InChI=1S/C20H26N2O/c1-12-6-5-9-15-14(11-21-19(12)15)10-13(2)22-20(23)18-16-7-3-4-8-17(16)18/h5-6,9,11,13,16-18,21H,3-4,7-8,10H2,1-2H3,(H,22,23). The summed E-state index contributed by atoms with van der Waals surface area (Å²) >= 11 is 0. The van der Waals surface area contributed by atoms with Gasteiger partial charge in [0.05, 0.1) is 0 Å². The normalized spacial score (nSPS) is 27.5. The molecule has 0 spiro atoms. The summed E-state index contributed by atoms with van der Waals surface area (Å²) in [6, 6.07) is 6.58. The summed E-state index contributed by atoms with van der Waals surface area (Å²) in [5, 5.41) is 4.55. The molecule has 122 valence electrons. The van der Waals surface area contributed by atoms with E-state index in [-0.39, 0.29) is 6.04 Å². The smallest absolute Gasteiger partial charge is 0.223 e. The molecule has 3 nitrogen and oxygen atoms in total. The van der Waals surface area contributed by atoms with Gasteiger partial charge in [-0.3, -0.25) is 4.79 Å². The quantitative estimate of drug-likeness (QED) is 0.882. The Kier molecular flexibility index (Phi) is 3.67. The van der Waals surface area contributed by atoms with Crippen LogP contribution >= 0.6 is 0 Å². The van der Waals surface area contributed by atoms with Crippen LogP contribution in [0.3, 0.4) is 0 Å². The Hall–Kier alpha value is -1.77. The fraction of sp³-hybridized carbons (Fsp3) is 0.550. The van der Waals surface area contributed by atoms with E-state index in [2.05, 4.69) is 48.5 Å². The van der Waals surface area contributed by atoms with Crippen molar-refractivity contribution in [1.82, 2.24) is 10.3 Å². The highest BCUT2D eigenvalue weighted by Crippen LogP contribution is 2.55. The third kappa shape index (κ3) is 2.66. The molecule has 1 aromatic carbocycles. The molecule has 2 aliphatic rings. The van der Waals surface area contributed by atoms with Crippen LogP contribution in [-0.2, 0) is 11.2 Å². The number of para-hydroxylation sites is 1. The Morgan fingerprint density at radius 1 is 1.30 bits per heavy atom. The van der Waals surface area contributed by atoms with Gasteiger partial charge < -0.3 is 10.3 Å². The number of aryl methyl sites for hydroxylation is 1. The first-order chi connectivity index (χ1) is 11.1. The molecule has 3 unspecified atom stereocenters. The van der Waals surface area contributed by atoms with Crippen molar-refractivity contribution in [2.75, 3.05) is 0 Å². The molecule has 1 aromatic heterocycles. The number of fused-ring (bicyclic) bond motifs is 2. The number of carbonyl (C=O) groups excluding carboxylic acids is 1. The number of hydrogen-bond acceptors (Lipinski definition) is 1. The number of H-pyrrole nitrogens is 1. The van der Waals surface area contributed by atoms with Crippen LogP contribution in [0.4, 0.5) is 0 Å². The lowest BCUT2D eigenvalue weighted by Gasteiger charge is -2.13. The minimum Gasteiger partial charge on any atom is -0.361 e. The number of aromatic nitrogens is 1. The highest BCUT2D eigenvalue weighted by molar-refractivity contribution is 5.86. The zero-order valence-corrected chi connectivity index (χ0v) is 14.1. The van der Waals surface area contributed by atoms with Crippen molar-refractivity contribution in [3.63, 3.8) is 0 Å². The third-order valence-corrected chi connectivity index (χ3v) is 5.88. The summed E-state index contributed by atoms with van der Waals surface area (Å²) < 4.78 is 0. The summed E-state index contributed by atoms with van der Waals surface area (Å²) in [4.78, 5) is 15.9. The Labute approximate surface area is 137 Å². The minimum absolute atomic E-state index is 0.185. The lowest BCUT2D eigenvalue weighted by molar-refractivity contribution is -0.123. The Morgan fingerprint density at radius 2 is 2.04 bits per heavy atom. The van der Waals surface area contributed by atoms with Crippen molar-refractivity contribution >= 4 is 16.8 Å². The summed E-state index contributed by atoms with van der Waals surface area (Å²) in [5.74, 6) is 1.98. The summed E-state index contributed by atoms with van der Waals surface area (Å²) in [5.41, 5.74) is 3.78. The first-order valence-electron chi connectivity index (χ1n) is 9.01. The monoisotopic (exact) mass is 310 g/mol. The predicted molar refractivity (Wildman–Crippen MR) is 93.3 cm³/mol. The molecule has 2 saturated carbocycles. The second-order valence-electron chi connectivity index (χ2n) is 7.56. The van der Waals surface area contributed by atoms with Crippen LogP contribution in [0, 0.1) is 24.7 Å². The van der Waals surface area contributed by atoms with Crippen LogP contribution in [0.1, 0.15) is 43.7 Å². The molecule has 23 heavy (non-hydrogen) atoms. The number of aromatic amines is 1. The van der Waals surface area contributed by atoms with Gasteiger partial charge in [0.25, 0.3) is 0 Å². The lowest BCUT2D eigenvalue weighted by Crippen LogP contribution is -2.35. The highest BCUT2D eigenvalue weighted by atomic mass is 16.2. The largest absolute Gasteiger partial charge is 0.361 e. The van der Waals surface area contributed by atoms with Crippen molar-refractivity contribution in [3.8, 4) is 0 Å². The Balaban J connectivity index is 1.40. The van der Waals surface area contributed by atoms with Crippen LogP contribution in [0.25, 0.3) is 10.9 Å². The van der Waals surface area contributed by atoms with Gasteiger partial charge in [0.1, 0.15) is 0 Å². The molecule has 0 aliphatic heterocycles. The summed E-state index contributed by atoms with van der Waals surface area (Å²) in [7, 11) is 0. The van der Waals surface area contributed by atoms with Gasteiger partial charge in [-0.25, -0.2) is 0 Å². The van der Waals surface area contributed by atoms with E-state index in [1.807, 2.05) is 0 Å². The van der Waals surface area contributed by atoms with E-state index in [0.717, 1.165) is 6.42 Å². The number of carbonyl (C=O) groups is 1. The van der Waals surface area contributed by atoms with Crippen molar-refractivity contribution in [2.24, 2.45) is 17.8 Å². The molecule has 3 atom stereocenters. The van der Waals surface area contributed by atoms with Crippen molar-refractivity contribution in [3.05, 3.63) is 35.5 Å². The molecule has 4 rings (SSSR count). The zero-order chi connectivity index (χ0) is 16.0. The van der Waals surface area contributed by atoms with Gasteiger partial charge in [-0.2, -0.15) is 0 Å². The van der Waals surface area contributed by atoms with Crippen LogP contribution in [0.5, 0.6) is 0 Å². The van der Waals surface area contributed by atoms with Crippen LogP contribution < -0.4 is 5.32 Å². The van der Waals surface area contributed by atoms with Crippen molar-refractivity contribution in [1.29, 1.82) is 0 Å². The number of benzene rings is 1. The SMILES string of the molecule is Cc1cccc2c(CC(C)NC(=O)C3C4CCCCC43)c[nH]c12. The maximum Gasteiger partial charge on any atom is 0.223 e. The molecular formula is C20H26N2O. The molecular weight excluding hydrogens is 284 g/mol. The number of amides is 1. The maximum absolute atomic E-state index is 12.5. The van der Waals surface area contributed by atoms with E-state index in [9.17, 15) is 4.79 Å². The Morgan fingerprint density at radius 3 is 2.78 bits per heavy atom. The average molecular weight is 310 g/mol. The van der Waals surface area contributed by atoms with Crippen molar-refractivity contribution < 1.29 is 4.79 Å². The van der Waals surface area contributed by atoms with E-state index < -0.39 is 0 Å². The van der Waals surface area contributed by atoms with E-state index in [1.165, 1.54) is 47.7 Å². The summed E-state index contributed by atoms with van der Waals surface area (Å²) in [6.45, 7) is 4.25.